The molecular formula is C25H29NO5. The first kappa shape index (κ1) is 20.3. The van der Waals surface area contributed by atoms with Crippen LogP contribution < -0.4 is 10.7 Å². The molecule has 1 atom stereocenters. The Bertz CT molecular complexity index is 1070. The molecule has 1 amide bonds. The molecule has 1 N–H and O–H groups in total. The van der Waals surface area contributed by atoms with Crippen molar-refractivity contribution in [2.24, 2.45) is 23.2 Å². The number of benzene rings is 1. The quantitative estimate of drug-likeness (QED) is 0.735. The molecule has 1 aromatic carbocycles. The Hall–Kier alpha value is -2.63. The van der Waals surface area contributed by atoms with E-state index in [-0.39, 0.29) is 35.2 Å². The van der Waals surface area contributed by atoms with Gasteiger partial charge in [-0.1, -0.05) is 11.6 Å². The molecule has 1 heterocycles. The van der Waals surface area contributed by atoms with Crippen LogP contribution in [0.3, 0.4) is 0 Å². The van der Waals surface area contributed by atoms with Crippen LogP contribution in [0.5, 0.6) is 0 Å². The first-order valence-corrected chi connectivity index (χ1v) is 11.3. The van der Waals surface area contributed by atoms with E-state index < -0.39 is 5.97 Å². The molecule has 1 aromatic heterocycles. The molecule has 0 aliphatic heterocycles. The second-order valence-corrected chi connectivity index (χ2v) is 10.1. The van der Waals surface area contributed by atoms with Gasteiger partial charge in [0.1, 0.15) is 5.58 Å². The van der Waals surface area contributed by atoms with Crippen LogP contribution in [0.15, 0.2) is 33.5 Å². The first-order chi connectivity index (χ1) is 14.8. The zero-order valence-electron chi connectivity index (χ0n) is 18.1. The summed E-state index contributed by atoms with van der Waals surface area (Å²) in [6.07, 6.45) is 7.65. The van der Waals surface area contributed by atoms with Gasteiger partial charge < -0.3 is 14.5 Å². The average molecular weight is 424 g/mol. The van der Waals surface area contributed by atoms with Gasteiger partial charge in [-0.2, -0.15) is 0 Å². The van der Waals surface area contributed by atoms with Crippen LogP contribution in [0, 0.1) is 30.1 Å². The third-order valence-corrected chi connectivity index (χ3v) is 7.80. The average Bonchev–Trinajstić information content (AvgIpc) is 2.71. The van der Waals surface area contributed by atoms with E-state index in [1.165, 1.54) is 38.5 Å². The topological polar surface area (TPSA) is 85.6 Å². The Morgan fingerprint density at radius 1 is 1.13 bits per heavy atom. The maximum absolute atomic E-state index is 12.5. The van der Waals surface area contributed by atoms with Crippen molar-refractivity contribution in [3.63, 3.8) is 0 Å². The number of hydrogen-bond acceptors (Lipinski definition) is 5. The molecule has 6 heteroatoms. The van der Waals surface area contributed by atoms with Crippen molar-refractivity contribution >= 4 is 22.8 Å². The van der Waals surface area contributed by atoms with Gasteiger partial charge in [0.15, 0.2) is 12.0 Å². The van der Waals surface area contributed by atoms with E-state index >= 15 is 0 Å². The molecule has 4 bridgehead atoms. The summed E-state index contributed by atoms with van der Waals surface area (Å²) in [5.41, 5.74) is 1.14. The van der Waals surface area contributed by atoms with E-state index in [2.05, 4.69) is 12.2 Å². The summed E-state index contributed by atoms with van der Waals surface area (Å²) in [7, 11) is 0. The fourth-order valence-corrected chi connectivity index (χ4v) is 6.72. The van der Waals surface area contributed by atoms with E-state index in [0.29, 0.717) is 11.0 Å². The van der Waals surface area contributed by atoms with Gasteiger partial charge in [0.25, 0.3) is 5.91 Å². The molecule has 4 fully saturated rings. The van der Waals surface area contributed by atoms with Gasteiger partial charge in [0.05, 0.1) is 5.39 Å². The summed E-state index contributed by atoms with van der Waals surface area (Å²) in [6, 6.07) is 6.37. The second-order valence-electron chi connectivity index (χ2n) is 10.1. The molecule has 2 aromatic rings. The third kappa shape index (κ3) is 3.77. The van der Waals surface area contributed by atoms with Crippen LogP contribution in [0.25, 0.3) is 11.0 Å². The second kappa shape index (κ2) is 7.50. The van der Waals surface area contributed by atoms with E-state index in [4.69, 9.17) is 9.15 Å². The van der Waals surface area contributed by atoms with Crippen molar-refractivity contribution in [3.05, 3.63) is 45.8 Å². The number of aryl methyl sites for hydroxylation is 1. The van der Waals surface area contributed by atoms with Gasteiger partial charge in [-0.05, 0) is 87.7 Å². The van der Waals surface area contributed by atoms with Crippen molar-refractivity contribution in [3.8, 4) is 0 Å². The number of carbonyl (C=O) groups excluding carboxylic acids is 2. The fraction of sp³-hybridized carbons (Fsp3) is 0.560. The number of hydrogen-bond donors (Lipinski definition) is 1. The Balaban J connectivity index is 1.21. The summed E-state index contributed by atoms with van der Waals surface area (Å²) in [6.45, 7) is 3.59. The smallest absolute Gasteiger partial charge is 0.374 e. The van der Waals surface area contributed by atoms with E-state index in [9.17, 15) is 14.4 Å². The zero-order chi connectivity index (χ0) is 21.8. The molecule has 0 spiro atoms. The van der Waals surface area contributed by atoms with Gasteiger partial charge in [0.2, 0.25) is 5.76 Å². The monoisotopic (exact) mass is 423 g/mol. The Labute approximate surface area is 181 Å². The maximum Gasteiger partial charge on any atom is 0.374 e. The van der Waals surface area contributed by atoms with Crippen LogP contribution >= 0.6 is 0 Å². The molecule has 4 saturated carbocycles. The Kier molecular flexibility index (Phi) is 4.91. The lowest BCUT2D eigenvalue weighted by Crippen LogP contribution is -2.56. The minimum absolute atomic E-state index is 0.0638. The highest BCUT2D eigenvalue weighted by atomic mass is 16.5. The molecule has 4 aliphatic carbocycles. The van der Waals surface area contributed by atoms with Crippen molar-refractivity contribution in [1.29, 1.82) is 0 Å². The zero-order valence-corrected chi connectivity index (χ0v) is 18.1. The van der Waals surface area contributed by atoms with Crippen LogP contribution in [-0.2, 0) is 9.53 Å². The normalized spacial score (nSPS) is 29.7. The summed E-state index contributed by atoms with van der Waals surface area (Å²) in [5, 5.41) is 3.50. The fourth-order valence-electron chi connectivity index (χ4n) is 6.72. The summed E-state index contributed by atoms with van der Waals surface area (Å²) < 4.78 is 10.7. The Morgan fingerprint density at radius 2 is 1.77 bits per heavy atom. The number of fused-ring (bicyclic) bond motifs is 1. The lowest BCUT2D eigenvalue weighted by atomic mass is 9.48. The number of amides is 1. The molecule has 0 radical (unpaired) electrons. The molecule has 164 valence electrons. The molecule has 0 saturated heterocycles. The van der Waals surface area contributed by atoms with E-state index in [0.717, 1.165) is 29.4 Å². The number of nitrogens with one attached hydrogen (secondary N) is 1. The van der Waals surface area contributed by atoms with Crippen LogP contribution in [0.1, 0.15) is 61.6 Å². The van der Waals surface area contributed by atoms with Gasteiger partial charge in [-0.3, -0.25) is 9.59 Å². The molecule has 6 nitrogen and oxygen atoms in total. The summed E-state index contributed by atoms with van der Waals surface area (Å²) in [5.74, 6) is 1.12. The van der Waals surface area contributed by atoms with E-state index in [1.807, 2.05) is 6.92 Å². The SMILES string of the molecule is Cc1ccc2oc(C(=O)OCC(=O)N[C@H](C)C34CC5CC(CC(C5)C3)C4)cc(=O)c2c1. The lowest BCUT2D eigenvalue weighted by molar-refractivity contribution is -0.128. The van der Waals surface area contributed by atoms with Crippen molar-refractivity contribution < 1.29 is 18.7 Å². The maximum atomic E-state index is 12.5. The van der Waals surface area contributed by atoms with Crippen LogP contribution in [-0.4, -0.2) is 24.5 Å². The first-order valence-electron chi connectivity index (χ1n) is 11.3. The molecular weight excluding hydrogens is 394 g/mol. The molecule has 31 heavy (non-hydrogen) atoms. The predicted molar refractivity (Wildman–Crippen MR) is 116 cm³/mol. The van der Waals surface area contributed by atoms with Crippen molar-refractivity contribution in [2.75, 3.05) is 6.61 Å². The third-order valence-electron chi connectivity index (χ3n) is 7.80. The number of rotatable bonds is 5. The van der Waals surface area contributed by atoms with Crippen LogP contribution in [0.2, 0.25) is 0 Å². The predicted octanol–water partition coefficient (Wildman–Crippen LogP) is 3.98. The standard InChI is InChI=1S/C25H29NO5/c1-14-3-4-21-19(5-14)20(27)9-22(31-21)24(29)30-13-23(28)26-15(2)25-10-16-6-17(11-25)8-18(7-16)12-25/h3-5,9,15-18H,6-8,10-13H2,1-2H3,(H,26,28)/t15-,16?,17?,18?,25?/m1/s1. The highest BCUT2D eigenvalue weighted by Crippen LogP contribution is 2.61. The van der Waals surface area contributed by atoms with Crippen LogP contribution in [0.4, 0.5) is 0 Å². The van der Waals surface area contributed by atoms with E-state index in [1.54, 1.807) is 18.2 Å². The van der Waals surface area contributed by atoms with Gasteiger partial charge in [-0.25, -0.2) is 4.79 Å². The highest BCUT2D eigenvalue weighted by Gasteiger charge is 2.53. The highest BCUT2D eigenvalue weighted by molar-refractivity contribution is 5.90. The van der Waals surface area contributed by atoms with Gasteiger partial charge in [-0.15, -0.1) is 0 Å². The number of ether oxygens (including phenoxy) is 1. The largest absolute Gasteiger partial charge is 0.450 e. The lowest BCUT2D eigenvalue weighted by Gasteiger charge is -2.59. The summed E-state index contributed by atoms with van der Waals surface area (Å²) >= 11 is 0. The summed E-state index contributed by atoms with van der Waals surface area (Å²) in [4.78, 5) is 37.2. The Morgan fingerprint density at radius 3 is 2.42 bits per heavy atom. The van der Waals surface area contributed by atoms with Crippen molar-refractivity contribution in [2.45, 2.75) is 58.4 Å². The minimum atomic E-state index is -0.808. The number of esters is 1. The van der Waals surface area contributed by atoms with Crippen molar-refractivity contribution in [1.82, 2.24) is 5.32 Å². The molecule has 4 aliphatic rings. The molecule has 6 rings (SSSR count). The van der Waals surface area contributed by atoms with Gasteiger partial charge >= 0.3 is 5.97 Å². The van der Waals surface area contributed by atoms with Gasteiger partial charge in [0, 0.05) is 12.1 Å². The minimum Gasteiger partial charge on any atom is -0.450 e. The molecule has 0 unspecified atom stereocenters. The number of carbonyl (C=O) groups is 2.